The molecule has 0 saturated carbocycles. The van der Waals surface area contributed by atoms with Crippen LogP contribution in [0.5, 0.6) is 0 Å². The van der Waals surface area contributed by atoms with Crippen molar-refractivity contribution in [1.29, 1.82) is 0 Å². The van der Waals surface area contributed by atoms with Crippen molar-refractivity contribution in [2.45, 2.75) is 38.5 Å². The van der Waals surface area contributed by atoms with Crippen LogP contribution >= 0.6 is 46.4 Å². The van der Waals surface area contributed by atoms with Gasteiger partial charge in [0.2, 0.25) is 0 Å². The predicted octanol–water partition coefficient (Wildman–Crippen LogP) is 5.49. The summed E-state index contributed by atoms with van der Waals surface area (Å²) in [6.07, 6.45) is 5.68. The van der Waals surface area contributed by atoms with Crippen LogP contribution in [-0.2, 0) is 0 Å². The van der Waals surface area contributed by atoms with Crippen LogP contribution < -0.4 is 0 Å². The Bertz CT molecular complexity index is 148. The average Bonchev–Trinajstić information content (AvgIpc) is 2.18. The van der Waals surface area contributed by atoms with E-state index >= 15 is 0 Å². The summed E-state index contributed by atoms with van der Waals surface area (Å²) in [5.74, 6) is 1.38. The first-order chi connectivity index (χ1) is 6.72. The molecule has 0 heterocycles. The van der Waals surface area contributed by atoms with E-state index in [2.05, 4.69) is 0 Å². The third-order valence-electron chi connectivity index (χ3n) is 1.85. The van der Waals surface area contributed by atoms with E-state index in [9.17, 15) is 0 Å². The summed E-state index contributed by atoms with van der Waals surface area (Å²) < 4.78 is 0. The molecule has 0 spiro atoms. The quantitative estimate of drug-likeness (QED) is 0.406. The number of rotatable bonds is 8. The number of hydrogen-bond donors (Lipinski definition) is 0. The second-order valence-electron chi connectivity index (χ2n) is 3.10. The molecule has 0 N–H and O–H groups in total. The first-order valence-electron chi connectivity index (χ1n) is 4.87. The highest BCUT2D eigenvalue weighted by atomic mass is 35.5. The molecule has 0 fully saturated rings. The first-order valence-corrected chi connectivity index (χ1v) is 6.69. The number of hydrogen-bond acceptors (Lipinski definition) is 0. The summed E-state index contributed by atoms with van der Waals surface area (Å²) in [6.45, 7) is 0. The minimum absolute atomic E-state index is 0.689. The monoisotopic (exact) mass is 276 g/mol. The molecule has 0 unspecified atom stereocenters. The molecule has 0 amide bonds. The van der Waals surface area contributed by atoms with E-state index in [0.29, 0.717) is 11.8 Å². The van der Waals surface area contributed by atoms with Gasteiger partial charge in [0, 0.05) is 21.8 Å². The Morgan fingerprint density at radius 3 is 1.29 bits per heavy atom. The van der Waals surface area contributed by atoms with Gasteiger partial charge in [0.1, 0.15) is 0 Å². The van der Waals surface area contributed by atoms with E-state index < -0.39 is 0 Å². The Morgan fingerprint density at radius 2 is 1.00 bits per heavy atom. The molecule has 0 nitrogen and oxygen atoms in total. The fraction of sp³-hybridized carbons (Fsp3) is 0.800. The Hall–Kier alpha value is 0.900. The van der Waals surface area contributed by atoms with Gasteiger partial charge in [0.05, 0.1) is 0 Å². The SMILES string of the molecule is ClCCCCC(Cl)=C(Cl)CCCCCl. The fourth-order valence-corrected chi connectivity index (χ4v) is 1.85. The van der Waals surface area contributed by atoms with Crippen molar-refractivity contribution in [3.63, 3.8) is 0 Å². The highest BCUT2D eigenvalue weighted by Gasteiger charge is 2.01. The van der Waals surface area contributed by atoms with Crippen LogP contribution in [0.3, 0.4) is 0 Å². The van der Waals surface area contributed by atoms with Gasteiger partial charge in [-0.25, -0.2) is 0 Å². The first kappa shape index (κ1) is 14.9. The summed E-state index contributed by atoms with van der Waals surface area (Å²) in [7, 11) is 0. The Balaban J connectivity index is 3.66. The maximum atomic E-state index is 6.02. The molecule has 0 aromatic heterocycles. The van der Waals surface area contributed by atoms with Gasteiger partial charge in [-0.15, -0.1) is 23.2 Å². The standard InChI is InChI=1S/C10H16Cl4/c11-7-3-1-5-9(13)10(14)6-2-4-8-12/h1-8H2. The predicted molar refractivity (Wildman–Crippen MR) is 67.9 cm³/mol. The molecule has 0 aromatic rings. The van der Waals surface area contributed by atoms with E-state index in [1.807, 2.05) is 0 Å². The lowest BCUT2D eigenvalue weighted by Gasteiger charge is -2.03. The molecule has 0 aliphatic heterocycles. The number of allylic oxidation sites excluding steroid dienone is 2. The second kappa shape index (κ2) is 10.4. The summed E-state index contributed by atoms with van der Waals surface area (Å²) in [5, 5.41) is 1.57. The topological polar surface area (TPSA) is 0 Å². The van der Waals surface area contributed by atoms with Crippen LogP contribution in [0.25, 0.3) is 0 Å². The van der Waals surface area contributed by atoms with Gasteiger partial charge < -0.3 is 0 Å². The molecular formula is C10H16Cl4. The third-order valence-corrected chi connectivity index (χ3v) is 3.32. The number of unbranched alkanes of at least 4 members (excludes halogenated alkanes) is 2. The largest absolute Gasteiger partial charge is 0.127 e. The van der Waals surface area contributed by atoms with Crippen molar-refractivity contribution >= 4 is 46.4 Å². The second-order valence-corrected chi connectivity index (χ2v) is 4.77. The molecule has 0 aromatic carbocycles. The van der Waals surface area contributed by atoms with E-state index in [0.717, 1.165) is 48.6 Å². The van der Waals surface area contributed by atoms with Crippen LogP contribution in [0.1, 0.15) is 38.5 Å². The highest BCUT2D eigenvalue weighted by molar-refractivity contribution is 6.39. The van der Waals surface area contributed by atoms with Gasteiger partial charge in [-0.05, 0) is 38.5 Å². The zero-order valence-electron chi connectivity index (χ0n) is 8.17. The third kappa shape index (κ3) is 8.23. The van der Waals surface area contributed by atoms with Crippen LogP contribution in [0.2, 0.25) is 0 Å². The molecule has 0 saturated heterocycles. The average molecular weight is 278 g/mol. The normalized spacial score (nSPS) is 12.9. The minimum atomic E-state index is 0.689. The van der Waals surface area contributed by atoms with Crippen molar-refractivity contribution in [3.05, 3.63) is 10.1 Å². The molecule has 0 aliphatic carbocycles. The summed E-state index contributed by atoms with van der Waals surface area (Å²) in [5.41, 5.74) is 0. The lowest BCUT2D eigenvalue weighted by molar-refractivity contribution is 0.784. The fourth-order valence-electron chi connectivity index (χ4n) is 1.02. The molecule has 0 bridgehead atoms. The molecular weight excluding hydrogens is 262 g/mol. The van der Waals surface area contributed by atoms with Gasteiger partial charge in [-0.1, -0.05) is 23.2 Å². The van der Waals surface area contributed by atoms with Crippen LogP contribution in [0.15, 0.2) is 10.1 Å². The zero-order valence-corrected chi connectivity index (χ0v) is 11.2. The van der Waals surface area contributed by atoms with Crippen molar-refractivity contribution in [2.24, 2.45) is 0 Å². The van der Waals surface area contributed by atoms with Gasteiger partial charge in [-0.3, -0.25) is 0 Å². The van der Waals surface area contributed by atoms with Crippen molar-refractivity contribution in [3.8, 4) is 0 Å². The maximum Gasteiger partial charge on any atom is 0.0325 e. The summed E-state index contributed by atoms with van der Waals surface area (Å²) >= 11 is 23.2. The molecule has 0 atom stereocenters. The molecule has 14 heavy (non-hydrogen) atoms. The van der Waals surface area contributed by atoms with E-state index in [4.69, 9.17) is 46.4 Å². The van der Waals surface area contributed by atoms with E-state index in [-0.39, 0.29) is 0 Å². The lowest BCUT2D eigenvalue weighted by atomic mass is 10.2. The van der Waals surface area contributed by atoms with Gasteiger partial charge >= 0.3 is 0 Å². The van der Waals surface area contributed by atoms with Crippen LogP contribution in [-0.4, -0.2) is 11.8 Å². The van der Waals surface area contributed by atoms with Crippen LogP contribution in [0, 0.1) is 0 Å². The Morgan fingerprint density at radius 1 is 0.643 bits per heavy atom. The number of alkyl halides is 2. The van der Waals surface area contributed by atoms with Crippen molar-refractivity contribution in [2.75, 3.05) is 11.8 Å². The Labute approximate surface area is 107 Å². The van der Waals surface area contributed by atoms with Crippen molar-refractivity contribution in [1.82, 2.24) is 0 Å². The van der Waals surface area contributed by atoms with Crippen molar-refractivity contribution < 1.29 is 0 Å². The lowest BCUT2D eigenvalue weighted by Crippen LogP contribution is -1.84. The molecule has 0 aliphatic rings. The molecule has 84 valence electrons. The molecule has 0 rings (SSSR count). The molecule has 4 heteroatoms. The Kier molecular flexibility index (Phi) is 11.1. The van der Waals surface area contributed by atoms with Gasteiger partial charge in [0.15, 0.2) is 0 Å². The maximum absolute atomic E-state index is 6.02. The van der Waals surface area contributed by atoms with E-state index in [1.54, 1.807) is 0 Å². The minimum Gasteiger partial charge on any atom is -0.127 e. The summed E-state index contributed by atoms with van der Waals surface area (Å²) in [4.78, 5) is 0. The van der Waals surface area contributed by atoms with Crippen LogP contribution in [0.4, 0.5) is 0 Å². The smallest absolute Gasteiger partial charge is 0.0325 e. The van der Waals surface area contributed by atoms with Gasteiger partial charge in [-0.2, -0.15) is 0 Å². The zero-order chi connectivity index (χ0) is 10.8. The van der Waals surface area contributed by atoms with Gasteiger partial charge in [0.25, 0.3) is 0 Å². The highest BCUT2D eigenvalue weighted by Crippen LogP contribution is 2.24. The van der Waals surface area contributed by atoms with E-state index in [1.165, 1.54) is 0 Å². The molecule has 0 radical (unpaired) electrons. The number of halogens is 4. The summed E-state index contributed by atoms with van der Waals surface area (Å²) in [6, 6.07) is 0.